The molecule has 6 fully saturated rings. The van der Waals surface area contributed by atoms with Crippen LogP contribution in [0.3, 0.4) is 0 Å². The van der Waals surface area contributed by atoms with Crippen molar-refractivity contribution in [3.05, 3.63) is 142 Å². The fourth-order valence-corrected chi connectivity index (χ4v) is 10.8. The molecule has 9 heteroatoms. The van der Waals surface area contributed by atoms with Crippen LogP contribution in [0.2, 0.25) is 0 Å². The summed E-state index contributed by atoms with van der Waals surface area (Å²) in [6, 6.07) is 31.4. The van der Waals surface area contributed by atoms with E-state index in [-0.39, 0.29) is 48.1 Å². The number of halogens is 1. The summed E-state index contributed by atoms with van der Waals surface area (Å²) in [4.78, 5) is 37.0. The van der Waals surface area contributed by atoms with Gasteiger partial charge in [0.25, 0.3) is 0 Å². The number of piperidine rings is 6. The van der Waals surface area contributed by atoms with E-state index in [1.54, 1.807) is 11.0 Å². The minimum absolute atomic E-state index is 0.0468. The highest BCUT2D eigenvalue weighted by Gasteiger charge is 2.46. The van der Waals surface area contributed by atoms with Gasteiger partial charge in [0.15, 0.2) is 0 Å². The van der Waals surface area contributed by atoms with Crippen LogP contribution in [0.4, 0.5) is 14.0 Å². The van der Waals surface area contributed by atoms with Gasteiger partial charge < -0.3 is 9.47 Å². The summed E-state index contributed by atoms with van der Waals surface area (Å²) in [6.07, 6.45) is 3.78. The van der Waals surface area contributed by atoms with Gasteiger partial charge in [0, 0.05) is 44.6 Å². The van der Waals surface area contributed by atoms with Crippen molar-refractivity contribution < 1.29 is 23.5 Å². The largest absolute Gasteiger partial charge is 0.444 e. The average Bonchev–Trinajstić information content (AvgIpc) is 3.23. The second-order valence-corrected chi connectivity index (χ2v) is 16.6. The maximum Gasteiger partial charge on any atom is 0.410 e. The first-order valence-electron chi connectivity index (χ1n) is 20.4. The highest BCUT2D eigenvalue weighted by atomic mass is 19.1. The van der Waals surface area contributed by atoms with E-state index in [4.69, 9.17) is 9.47 Å². The van der Waals surface area contributed by atoms with Gasteiger partial charge in [0.2, 0.25) is 0 Å². The SMILES string of the molecule is O=C(O[C@@H]1CN2CCC1CC2)N1CCc2ccc(C3CN4CCC3[C@H](OC(=O)N3CCc5ccccc5[C@@H]3c3cccc(F)c3)C4)cc2[C@@H]1c1ccccc1. The molecule has 8 aliphatic heterocycles. The van der Waals surface area contributed by atoms with Crippen LogP contribution in [0.25, 0.3) is 0 Å². The van der Waals surface area contributed by atoms with Gasteiger partial charge in [-0.05, 0) is 109 Å². The summed E-state index contributed by atoms with van der Waals surface area (Å²) in [5, 5.41) is 0. The molecule has 12 rings (SSSR count). The lowest BCUT2D eigenvalue weighted by Gasteiger charge is -2.50. The van der Waals surface area contributed by atoms with Crippen molar-refractivity contribution in [3.8, 4) is 0 Å². The van der Waals surface area contributed by atoms with Gasteiger partial charge >= 0.3 is 12.2 Å². The Morgan fingerprint density at radius 1 is 0.564 bits per heavy atom. The Hall–Kier alpha value is -4.73. The van der Waals surface area contributed by atoms with Crippen molar-refractivity contribution in [1.82, 2.24) is 19.6 Å². The first kappa shape index (κ1) is 34.7. The molecule has 0 N–H and O–H groups in total. The van der Waals surface area contributed by atoms with Crippen molar-refractivity contribution in [3.63, 3.8) is 0 Å². The lowest BCUT2D eigenvalue weighted by molar-refractivity contribution is -0.0573. The second kappa shape index (κ2) is 14.4. The van der Waals surface area contributed by atoms with Gasteiger partial charge in [-0.3, -0.25) is 19.6 Å². The first-order valence-corrected chi connectivity index (χ1v) is 20.4. The van der Waals surface area contributed by atoms with Crippen LogP contribution in [0.5, 0.6) is 0 Å². The number of carbonyl (C=O) groups excluding carboxylic acids is 2. The Balaban J connectivity index is 0.918. The summed E-state index contributed by atoms with van der Waals surface area (Å²) in [7, 11) is 0. The van der Waals surface area contributed by atoms with E-state index >= 15 is 0 Å². The van der Waals surface area contributed by atoms with Crippen LogP contribution in [0, 0.1) is 17.7 Å². The predicted molar refractivity (Wildman–Crippen MR) is 207 cm³/mol. The fourth-order valence-electron chi connectivity index (χ4n) is 10.8. The molecule has 284 valence electrons. The molecule has 4 aromatic carbocycles. The summed E-state index contributed by atoms with van der Waals surface area (Å²) >= 11 is 0. The highest BCUT2D eigenvalue weighted by Crippen LogP contribution is 2.45. The van der Waals surface area contributed by atoms with Crippen LogP contribution in [-0.4, -0.2) is 96.4 Å². The van der Waals surface area contributed by atoms with E-state index in [1.165, 1.54) is 28.8 Å². The fraction of sp³-hybridized carbons (Fsp3) is 0.435. The minimum Gasteiger partial charge on any atom is -0.444 e. The van der Waals surface area contributed by atoms with Crippen LogP contribution in [-0.2, 0) is 22.3 Å². The molecular weight excluding hydrogens is 692 g/mol. The molecule has 3 unspecified atom stereocenters. The van der Waals surface area contributed by atoms with Crippen LogP contribution in [0.15, 0.2) is 97.1 Å². The molecule has 0 saturated carbocycles. The zero-order valence-corrected chi connectivity index (χ0v) is 31.3. The number of amides is 2. The zero-order valence-electron chi connectivity index (χ0n) is 31.3. The van der Waals surface area contributed by atoms with Crippen molar-refractivity contribution >= 4 is 12.2 Å². The molecule has 4 bridgehead atoms. The smallest absolute Gasteiger partial charge is 0.410 e. The Bertz CT molecular complexity index is 2070. The molecule has 0 radical (unpaired) electrons. The summed E-state index contributed by atoms with van der Waals surface area (Å²) in [5.41, 5.74) is 7.69. The third-order valence-corrected chi connectivity index (χ3v) is 13.6. The molecule has 0 aromatic heterocycles. The monoisotopic (exact) mass is 740 g/mol. The molecule has 8 heterocycles. The van der Waals surface area contributed by atoms with E-state index in [2.05, 4.69) is 58.3 Å². The van der Waals surface area contributed by atoms with Gasteiger partial charge in [-0.25, -0.2) is 14.0 Å². The third kappa shape index (κ3) is 6.49. The summed E-state index contributed by atoms with van der Waals surface area (Å²) in [5.74, 6) is 0.470. The molecule has 8 aliphatic rings. The van der Waals surface area contributed by atoms with E-state index in [0.29, 0.717) is 25.6 Å². The number of benzene rings is 4. The second-order valence-electron chi connectivity index (χ2n) is 16.6. The van der Waals surface area contributed by atoms with Crippen molar-refractivity contribution in [2.24, 2.45) is 11.8 Å². The molecule has 8 nitrogen and oxygen atoms in total. The van der Waals surface area contributed by atoms with Crippen LogP contribution >= 0.6 is 0 Å². The maximum atomic E-state index is 14.5. The predicted octanol–water partition coefficient (Wildman–Crippen LogP) is 7.58. The maximum absolute atomic E-state index is 14.5. The quantitative estimate of drug-likeness (QED) is 0.210. The Labute approximate surface area is 322 Å². The minimum atomic E-state index is -0.416. The van der Waals surface area contributed by atoms with Gasteiger partial charge in [-0.1, -0.05) is 84.9 Å². The normalized spacial score (nSPS) is 30.7. The lowest BCUT2D eigenvalue weighted by Crippen LogP contribution is -2.56. The van der Waals surface area contributed by atoms with Crippen molar-refractivity contribution in [2.45, 2.75) is 62.3 Å². The van der Waals surface area contributed by atoms with E-state index < -0.39 is 6.04 Å². The standard InChI is InChI=1S/C46H49FN4O4/c47-36-11-6-10-35(25-36)44-37-12-5-4-7-30(37)17-23-51(44)46(53)55-42-29-49-22-19-38(42)40(27-49)34-14-13-31-18-24-50(43(39(31)26-34)33-8-2-1-3-9-33)45(52)54-41-28-48-20-15-32(41)16-21-48/h1-14,25-26,32,38,40-44H,15-24,27-29H2/t38?,40?,41-,42-,43+,44+/m1/s1. The Morgan fingerprint density at radius 2 is 1.22 bits per heavy atom. The molecular formula is C46H49FN4O4. The van der Waals surface area contributed by atoms with Gasteiger partial charge in [-0.2, -0.15) is 0 Å². The number of hydrogen-bond donors (Lipinski definition) is 0. The van der Waals surface area contributed by atoms with Crippen LogP contribution in [0.1, 0.15) is 76.2 Å². The van der Waals surface area contributed by atoms with Crippen LogP contribution < -0.4 is 0 Å². The number of carbonyl (C=O) groups is 2. The topological polar surface area (TPSA) is 65.6 Å². The number of nitrogens with zero attached hydrogens (tertiary/aromatic N) is 4. The Kier molecular flexibility index (Phi) is 9.10. The van der Waals surface area contributed by atoms with Crippen molar-refractivity contribution in [2.75, 3.05) is 52.4 Å². The van der Waals surface area contributed by atoms with E-state index in [0.717, 1.165) is 87.1 Å². The molecule has 4 aromatic rings. The molecule has 6 saturated heterocycles. The average molecular weight is 741 g/mol. The van der Waals surface area contributed by atoms with Gasteiger partial charge in [0.1, 0.15) is 18.0 Å². The number of ether oxygens (including phenoxy) is 2. The Morgan fingerprint density at radius 3 is 1.95 bits per heavy atom. The molecule has 0 spiro atoms. The number of rotatable bonds is 5. The number of hydrogen-bond acceptors (Lipinski definition) is 6. The highest BCUT2D eigenvalue weighted by molar-refractivity contribution is 5.71. The summed E-state index contributed by atoms with van der Waals surface area (Å²) in [6.45, 7) is 6.76. The van der Waals surface area contributed by atoms with Gasteiger partial charge in [-0.15, -0.1) is 0 Å². The first-order chi connectivity index (χ1) is 27.0. The zero-order chi connectivity index (χ0) is 37.0. The lowest BCUT2D eigenvalue weighted by atomic mass is 9.72. The van der Waals surface area contributed by atoms with Gasteiger partial charge in [0.05, 0.1) is 12.1 Å². The molecule has 55 heavy (non-hydrogen) atoms. The molecule has 7 atom stereocenters. The van der Waals surface area contributed by atoms with E-state index in [1.807, 2.05) is 35.2 Å². The number of fused-ring (bicyclic) bond motifs is 8. The van der Waals surface area contributed by atoms with E-state index in [9.17, 15) is 14.0 Å². The summed E-state index contributed by atoms with van der Waals surface area (Å²) < 4.78 is 27.4. The molecule has 0 aliphatic carbocycles. The van der Waals surface area contributed by atoms with Crippen molar-refractivity contribution in [1.29, 1.82) is 0 Å². The third-order valence-electron chi connectivity index (χ3n) is 13.6. The molecule has 2 amide bonds.